The van der Waals surface area contributed by atoms with Crippen LogP contribution in [0.3, 0.4) is 0 Å². The first-order valence-corrected chi connectivity index (χ1v) is 35.4. The number of ketones is 1. The Morgan fingerprint density at radius 1 is 0.402 bits per heavy atom. The molecular formula is C78H70LiN25O8. The molecule has 0 unspecified atom stereocenters. The van der Waals surface area contributed by atoms with Crippen LogP contribution >= 0.6 is 0 Å². The predicted molar refractivity (Wildman–Crippen MR) is 398 cm³/mol. The number of hydrogen-bond acceptors (Lipinski definition) is 22. The van der Waals surface area contributed by atoms with Crippen molar-refractivity contribution in [2.45, 2.75) is 107 Å². The topological polar surface area (TPSA) is 380 Å². The molecule has 0 saturated heterocycles. The number of carboxylic acids is 1. The van der Waals surface area contributed by atoms with Crippen molar-refractivity contribution < 1.29 is 58.1 Å². The molecule has 0 aliphatic carbocycles. The number of rotatable bonds is 7. The van der Waals surface area contributed by atoms with Crippen LogP contribution in [0.15, 0.2) is 153 Å². The smallest absolute Gasteiger partial charge is 0.870 e. The summed E-state index contributed by atoms with van der Waals surface area (Å²) in [5, 5.41) is 51.4. The van der Waals surface area contributed by atoms with E-state index in [1.165, 1.54) is 0 Å². The molecule has 0 bridgehead atoms. The van der Waals surface area contributed by atoms with Gasteiger partial charge in [-0.15, -0.1) is 31.9 Å². The van der Waals surface area contributed by atoms with Crippen molar-refractivity contribution >= 4 is 23.7 Å². The van der Waals surface area contributed by atoms with Gasteiger partial charge in [-0.2, -0.15) is 0 Å². The molecule has 0 atom stereocenters. The molecule has 112 heavy (non-hydrogen) atoms. The monoisotopic (exact) mass is 1490 g/mol. The van der Waals surface area contributed by atoms with Gasteiger partial charge in [-0.25, -0.2) is 62.7 Å². The molecule has 556 valence electrons. The molecule has 10 aromatic heterocycles. The standard InChI is InChI=1S/C17H17N5O2.C16H15N5O2.C16H15N5O.C15H11N5.C14H11N5O2.Li.H2O/c1-10(2)24-17(23)16-15-8-14-11(3)19-20-22(14)13-7-5-4-6-12(13)21(15)9-18-16;1-3-23-16(22)15-14-8-13-10(2)18-19-21(13)12-7-5-4-6-11(12)20(14)9-17-15;1-3-15(22)16-14-8-13-10(2)18-19-21(13)12-7-5-4-6-11(12)20(14)9-17-16;1-3-11-15-8-14-10(2)17-18-20(14)13-7-5-4-6-12(13)19(15)9-16-11;1-8-11-6-12-13(14(20)21)15-7-18(12)9-4-2-3-5-10(9)19(11)17-16-8;;/h4-7,9-10H,8H2,1-3H3;4-7,9H,3,8H2,1-2H3;4-7,9H,3,8H2,1-2H3;1,4-7,9H,8H2,2H3;2-5,7H,6H2,1H3,(H,20,21);;1H2/q;;;;;+1;/p-1. The number of para-hydroxylation sites is 10. The third kappa shape index (κ3) is 13.0. The molecule has 0 radical (unpaired) electrons. The van der Waals surface area contributed by atoms with Crippen molar-refractivity contribution in [2.24, 2.45) is 0 Å². The Labute approximate surface area is 650 Å². The van der Waals surface area contributed by atoms with Crippen molar-refractivity contribution in [3.63, 3.8) is 0 Å². The number of hydrogen-bond donors (Lipinski definition) is 1. The van der Waals surface area contributed by atoms with E-state index in [4.69, 9.17) is 15.9 Å². The average molecular weight is 1490 g/mol. The molecule has 20 rings (SSSR count). The molecular weight excluding hydrogens is 1420 g/mol. The SMILES string of the molecule is C#Cc1ncn2c1Cc1c(C)nnn1-c1ccccc1-2.CCC(=O)c1ncn2c1Cc1c(C)nnn1-c1ccccc1-2.CCOC(=O)c1ncn2c1Cc1c(C)nnn1-c1ccccc1-2.Cc1nnn2c1Cc1c(C(=O)O)ncn1-c1ccccc1-2.Cc1nnn2c1Cc1c(C(=O)OC(C)C)ncn1-c1ccccc1-2.[Li+].[OH-]. The number of fused-ring (bicyclic) bond motifs is 25. The number of aromatic carboxylic acids is 1. The van der Waals surface area contributed by atoms with E-state index in [0.717, 1.165) is 137 Å². The molecule has 0 fully saturated rings. The number of aromatic nitrogens is 25. The zero-order chi connectivity index (χ0) is 76.3. The van der Waals surface area contributed by atoms with Crippen molar-refractivity contribution in [1.29, 1.82) is 0 Å². The number of benzene rings is 5. The second-order valence-corrected chi connectivity index (χ2v) is 26.4. The van der Waals surface area contributed by atoms with Crippen molar-refractivity contribution in [2.75, 3.05) is 6.61 Å². The van der Waals surface area contributed by atoms with Gasteiger partial charge in [0.1, 0.15) is 43.0 Å². The molecule has 33 nitrogen and oxygen atoms in total. The van der Waals surface area contributed by atoms with E-state index in [-0.39, 0.29) is 41.9 Å². The van der Waals surface area contributed by atoms with Crippen LogP contribution in [-0.4, -0.2) is 170 Å². The summed E-state index contributed by atoms with van der Waals surface area (Å²) in [6.45, 7) is 17.2. The van der Waals surface area contributed by atoms with Crippen LogP contribution in [0.4, 0.5) is 0 Å². The van der Waals surface area contributed by atoms with Gasteiger partial charge < -0.3 is 20.1 Å². The van der Waals surface area contributed by atoms with Crippen LogP contribution in [0.5, 0.6) is 0 Å². The minimum Gasteiger partial charge on any atom is -0.870 e. The number of Topliss-reactive ketones (excluding diaryl/α,β-unsaturated/α-hetero) is 1. The van der Waals surface area contributed by atoms with Gasteiger partial charge >= 0.3 is 36.8 Å². The Morgan fingerprint density at radius 3 is 0.973 bits per heavy atom. The normalized spacial score (nSPS) is 12.0. The second-order valence-electron chi connectivity index (χ2n) is 26.4. The first-order chi connectivity index (χ1) is 53.4. The van der Waals surface area contributed by atoms with Crippen LogP contribution in [0, 0.1) is 47.0 Å². The van der Waals surface area contributed by atoms with Gasteiger partial charge in [0.05, 0.1) is 155 Å². The minimum absolute atomic E-state index is 0. The van der Waals surface area contributed by atoms with Gasteiger partial charge in [0.15, 0.2) is 22.9 Å². The van der Waals surface area contributed by atoms with E-state index < -0.39 is 17.9 Å². The Balaban J connectivity index is 0.000000116. The van der Waals surface area contributed by atoms with E-state index in [0.29, 0.717) is 73.6 Å². The third-order valence-corrected chi connectivity index (χ3v) is 19.6. The first-order valence-electron chi connectivity index (χ1n) is 35.4. The summed E-state index contributed by atoms with van der Waals surface area (Å²) in [5.41, 5.74) is 24.4. The van der Waals surface area contributed by atoms with Gasteiger partial charge in [-0.1, -0.05) is 93.7 Å². The fourth-order valence-corrected chi connectivity index (χ4v) is 14.2. The Morgan fingerprint density at radius 2 is 0.670 bits per heavy atom. The molecule has 2 N–H and O–H groups in total. The minimum atomic E-state index is -1.03. The number of esters is 2. The number of carbonyl (C=O) groups excluding carboxylic acids is 3. The van der Waals surface area contributed by atoms with E-state index in [2.05, 4.69) is 82.4 Å². The Kier molecular flexibility index (Phi) is 20.5. The molecule has 15 heterocycles. The zero-order valence-electron chi connectivity index (χ0n) is 62.6. The van der Waals surface area contributed by atoms with Gasteiger partial charge in [0.25, 0.3) is 0 Å². The summed E-state index contributed by atoms with van der Waals surface area (Å²) in [4.78, 5) is 69.5. The summed E-state index contributed by atoms with van der Waals surface area (Å²) in [6, 6.07) is 39.4. The van der Waals surface area contributed by atoms with Crippen molar-refractivity contribution in [3.8, 4) is 69.2 Å². The molecule has 15 aromatic rings. The summed E-state index contributed by atoms with van der Waals surface area (Å²) >= 11 is 0. The largest absolute Gasteiger partial charge is 1.00 e. The van der Waals surface area contributed by atoms with Crippen molar-refractivity contribution in [1.82, 2.24) is 123 Å². The maximum Gasteiger partial charge on any atom is 1.00 e. The fraction of sp³-hybridized carbons (Fsp3) is 0.218. The summed E-state index contributed by atoms with van der Waals surface area (Å²) in [6.07, 6.45) is 16.9. The fourth-order valence-electron chi connectivity index (χ4n) is 14.2. The van der Waals surface area contributed by atoms with Gasteiger partial charge in [0, 0.05) is 38.5 Å². The Bertz CT molecular complexity index is 6220. The first kappa shape index (κ1) is 74.9. The van der Waals surface area contributed by atoms with Gasteiger partial charge in [-0.3, -0.25) is 27.6 Å². The maximum absolute atomic E-state index is 12.4. The molecule has 34 heteroatoms. The quantitative estimate of drug-likeness (QED) is 0.0806. The number of nitrogens with zero attached hydrogens (tertiary/aromatic N) is 25. The van der Waals surface area contributed by atoms with E-state index in [9.17, 15) is 24.3 Å². The molecule has 5 aliphatic rings. The van der Waals surface area contributed by atoms with Crippen LogP contribution in [0.25, 0.3) is 56.9 Å². The molecule has 5 aromatic carbocycles. The van der Waals surface area contributed by atoms with Crippen LogP contribution in [-0.2, 0) is 41.6 Å². The number of carboxylic acid groups (broad SMARTS) is 1. The van der Waals surface area contributed by atoms with Crippen LogP contribution in [0.1, 0.15) is 167 Å². The van der Waals surface area contributed by atoms with Crippen molar-refractivity contribution in [3.05, 3.63) is 267 Å². The van der Waals surface area contributed by atoms with Crippen LogP contribution in [0.2, 0.25) is 0 Å². The summed E-state index contributed by atoms with van der Waals surface area (Å²) < 4.78 is 29.3. The number of imidazole rings is 5. The van der Waals surface area contributed by atoms with E-state index in [1.54, 1.807) is 43.2 Å². The van der Waals surface area contributed by atoms with Gasteiger partial charge in [0.2, 0.25) is 0 Å². The number of carbonyl (C=O) groups is 4. The summed E-state index contributed by atoms with van der Waals surface area (Å²) in [5.74, 6) is 0.873. The van der Waals surface area contributed by atoms with E-state index >= 15 is 0 Å². The Hall–Kier alpha value is -14.0. The van der Waals surface area contributed by atoms with E-state index in [1.807, 2.05) is 218 Å². The molecule has 0 saturated carbocycles. The third-order valence-electron chi connectivity index (χ3n) is 19.6. The number of terminal acetylenes is 1. The number of aryl methyl sites for hydroxylation is 5. The molecule has 0 amide bonds. The van der Waals surface area contributed by atoms with Gasteiger partial charge in [-0.05, 0) is 122 Å². The predicted octanol–water partition coefficient (Wildman–Crippen LogP) is 6.17. The molecule has 5 aliphatic heterocycles. The average Bonchev–Trinajstić information content (AvgIpc) is 1.61. The zero-order valence-corrected chi connectivity index (χ0v) is 62.6. The maximum atomic E-state index is 12.4. The second kappa shape index (κ2) is 30.6. The molecule has 0 spiro atoms. The summed E-state index contributed by atoms with van der Waals surface area (Å²) in [7, 11) is 0. The van der Waals surface area contributed by atoms with Crippen LogP contribution < -0.4 is 18.9 Å². The number of ether oxygens (including phenoxy) is 2.